The molecule has 0 spiro atoms. The fraction of sp³-hybridized carbons (Fsp3) is 0.0800. The Balaban J connectivity index is 1.40. The highest BCUT2D eigenvalue weighted by atomic mass is 32.2. The summed E-state index contributed by atoms with van der Waals surface area (Å²) in [6, 6.07) is 20.1. The molecule has 3 amide bonds. The smallest absolute Gasteiger partial charge is 0.289 e. The monoisotopic (exact) mass is 454 g/mol. The van der Waals surface area contributed by atoms with Crippen LogP contribution in [0.2, 0.25) is 0 Å². The Morgan fingerprint density at radius 2 is 1.76 bits per heavy atom. The number of para-hydroxylation sites is 1. The Hall–Kier alpha value is -4.04. The molecule has 1 aliphatic heterocycles. The van der Waals surface area contributed by atoms with Gasteiger partial charge in [0.05, 0.1) is 29.1 Å². The van der Waals surface area contributed by atoms with Crippen LogP contribution in [0, 0.1) is 0 Å². The van der Waals surface area contributed by atoms with E-state index in [0.717, 1.165) is 33.8 Å². The van der Waals surface area contributed by atoms with E-state index >= 15 is 0 Å². The van der Waals surface area contributed by atoms with Crippen LogP contribution < -0.4 is 5.32 Å². The molecule has 0 unspecified atom stereocenters. The number of rotatable bonds is 5. The Kier molecular flexibility index (Phi) is 5.58. The van der Waals surface area contributed by atoms with Crippen LogP contribution in [0.5, 0.6) is 0 Å². The van der Waals surface area contributed by atoms with Crippen molar-refractivity contribution < 1.29 is 14.4 Å². The molecule has 3 heterocycles. The minimum atomic E-state index is -0.252. The van der Waals surface area contributed by atoms with Crippen molar-refractivity contribution in [3.8, 4) is 11.3 Å². The zero-order valence-electron chi connectivity index (χ0n) is 17.4. The molecule has 7 nitrogen and oxygen atoms in total. The molecule has 1 aliphatic rings. The number of nitrogens with one attached hydrogen (secondary N) is 1. The number of hydrogen-bond donors (Lipinski definition) is 1. The van der Waals surface area contributed by atoms with Crippen molar-refractivity contribution in [1.29, 1.82) is 0 Å². The lowest BCUT2D eigenvalue weighted by Crippen LogP contribution is -2.27. The Morgan fingerprint density at radius 1 is 1.00 bits per heavy atom. The first kappa shape index (κ1) is 20.8. The molecule has 0 saturated carbocycles. The minimum absolute atomic E-state index is 0.183. The van der Waals surface area contributed by atoms with Gasteiger partial charge in [0.1, 0.15) is 0 Å². The summed E-state index contributed by atoms with van der Waals surface area (Å²) in [5.41, 5.74) is 4.23. The molecule has 0 radical (unpaired) electrons. The number of anilines is 1. The highest BCUT2D eigenvalue weighted by molar-refractivity contribution is 8.14. The van der Waals surface area contributed by atoms with Gasteiger partial charge in [0.2, 0.25) is 5.91 Å². The first-order valence-electron chi connectivity index (χ1n) is 10.3. The summed E-state index contributed by atoms with van der Waals surface area (Å²) < 4.78 is 0. The Morgan fingerprint density at radius 3 is 2.48 bits per heavy atom. The van der Waals surface area contributed by atoms with Gasteiger partial charge in [-0.1, -0.05) is 42.1 Å². The fourth-order valence-corrected chi connectivity index (χ4v) is 4.37. The van der Waals surface area contributed by atoms with Crippen molar-refractivity contribution in [2.75, 3.05) is 11.1 Å². The average molecular weight is 455 g/mol. The van der Waals surface area contributed by atoms with Gasteiger partial charge in [-0.15, -0.1) is 0 Å². The summed E-state index contributed by atoms with van der Waals surface area (Å²) in [6.45, 7) is 0.225. The normalized spacial score (nSPS) is 13.5. The molecule has 2 aromatic carbocycles. The molecule has 33 heavy (non-hydrogen) atoms. The highest BCUT2D eigenvalue weighted by Crippen LogP contribution is 2.26. The number of imide groups is 1. The van der Waals surface area contributed by atoms with Gasteiger partial charge in [-0.25, -0.2) is 4.98 Å². The molecule has 1 N–H and O–H groups in total. The van der Waals surface area contributed by atoms with Gasteiger partial charge < -0.3 is 5.32 Å². The largest absolute Gasteiger partial charge is 0.322 e. The zero-order chi connectivity index (χ0) is 22.8. The number of thioether (sulfide) groups is 1. The molecule has 1 fully saturated rings. The van der Waals surface area contributed by atoms with Crippen molar-refractivity contribution in [3.63, 3.8) is 0 Å². The van der Waals surface area contributed by atoms with Gasteiger partial charge in [0.25, 0.3) is 11.1 Å². The predicted molar refractivity (Wildman–Crippen MR) is 128 cm³/mol. The molecule has 8 heteroatoms. The van der Waals surface area contributed by atoms with Crippen LogP contribution in [-0.4, -0.2) is 37.7 Å². The second kappa shape index (κ2) is 8.84. The lowest BCUT2D eigenvalue weighted by molar-refractivity contribution is -0.125. The molecule has 5 rings (SSSR count). The van der Waals surface area contributed by atoms with E-state index in [1.807, 2.05) is 36.4 Å². The second-order valence-corrected chi connectivity index (χ2v) is 8.42. The number of nitrogens with zero attached hydrogens (tertiary/aromatic N) is 3. The van der Waals surface area contributed by atoms with E-state index in [2.05, 4.69) is 10.3 Å². The molecular weight excluding hydrogens is 436 g/mol. The predicted octanol–water partition coefficient (Wildman–Crippen LogP) is 4.74. The molecule has 0 aliphatic carbocycles. The summed E-state index contributed by atoms with van der Waals surface area (Å²) in [5.74, 6) is -0.246. The van der Waals surface area contributed by atoms with Gasteiger partial charge in [0, 0.05) is 29.0 Å². The van der Waals surface area contributed by atoms with Gasteiger partial charge >= 0.3 is 0 Å². The van der Waals surface area contributed by atoms with Crippen LogP contribution in [0.15, 0.2) is 79.1 Å². The van der Waals surface area contributed by atoms with E-state index in [9.17, 15) is 14.4 Å². The number of fused-ring (bicyclic) bond motifs is 1. The third-order valence-electron chi connectivity index (χ3n) is 5.33. The van der Waals surface area contributed by atoms with E-state index in [1.54, 1.807) is 42.7 Å². The minimum Gasteiger partial charge on any atom is -0.322 e. The highest BCUT2D eigenvalue weighted by Gasteiger charge is 2.29. The van der Waals surface area contributed by atoms with E-state index in [-0.39, 0.29) is 29.4 Å². The van der Waals surface area contributed by atoms with Crippen LogP contribution in [0.4, 0.5) is 10.5 Å². The summed E-state index contributed by atoms with van der Waals surface area (Å²) in [7, 11) is 0. The SMILES string of the molecule is O=C(Nc1ccc(CN2C(=O)CSC2=O)cc1)c1cc(-c2ccncc2)nc2ccccc12. The van der Waals surface area contributed by atoms with E-state index in [1.165, 1.54) is 4.90 Å². The fourth-order valence-electron chi connectivity index (χ4n) is 3.64. The molecule has 2 aromatic heterocycles. The number of pyridine rings is 2. The molecule has 0 bridgehead atoms. The average Bonchev–Trinajstić information content (AvgIpc) is 3.17. The molecule has 1 saturated heterocycles. The van der Waals surface area contributed by atoms with Crippen LogP contribution in [-0.2, 0) is 11.3 Å². The van der Waals surface area contributed by atoms with Crippen molar-refractivity contribution in [2.24, 2.45) is 0 Å². The second-order valence-electron chi connectivity index (χ2n) is 7.49. The first-order valence-corrected chi connectivity index (χ1v) is 11.2. The lowest BCUT2D eigenvalue weighted by atomic mass is 10.0. The third-order valence-corrected chi connectivity index (χ3v) is 6.19. The van der Waals surface area contributed by atoms with Crippen molar-refractivity contribution in [3.05, 3.63) is 90.3 Å². The maximum Gasteiger partial charge on any atom is 0.289 e. The topological polar surface area (TPSA) is 92.3 Å². The maximum atomic E-state index is 13.2. The lowest BCUT2D eigenvalue weighted by Gasteiger charge is -2.14. The number of carbonyl (C=O) groups excluding carboxylic acids is 3. The van der Waals surface area contributed by atoms with Crippen molar-refractivity contribution in [2.45, 2.75) is 6.54 Å². The van der Waals surface area contributed by atoms with Crippen LogP contribution in [0.25, 0.3) is 22.2 Å². The molecule has 4 aromatic rings. The molecule has 0 atom stereocenters. The van der Waals surface area contributed by atoms with Gasteiger partial charge in [-0.2, -0.15) is 0 Å². The molecular formula is C25H18N4O3S. The zero-order valence-corrected chi connectivity index (χ0v) is 18.2. The summed E-state index contributed by atoms with van der Waals surface area (Å²) in [4.78, 5) is 46.8. The standard InChI is InChI=1S/C25H18N4O3S/c30-23-15-33-25(32)29(23)14-16-5-7-18(8-6-16)27-24(31)20-13-22(17-9-11-26-12-10-17)28-21-4-2-1-3-19(20)21/h1-13H,14-15H2,(H,27,31). The number of aromatic nitrogens is 2. The van der Waals surface area contributed by atoms with E-state index in [4.69, 9.17) is 4.98 Å². The molecule has 162 valence electrons. The maximum absolute atomic E-state index is 13.2. The number of carbonyl (C=O) groups is 3. The van der Waals surface area contributed by atoms with Crippen LogP contribution in [0.3, 0.4) is 0 Å². The third kappa shape index (κ3) is 4.33. The summed E-state index contributed by atoms with van der Waals surface area (Å²) >= 11 is 1.01. The van der Waals surface area contributed by atoms with Gasteiger partial charge in [-0.3, -0.25) is 24.3 Å². The number of hydrogen-bond acceptors (Lipinski definition) is 6. The number of amides is 3. The van der Waals surface area contributed by atoms with Crippen molar-refractivity contribution >= 4 is 45.4 Å². The Bertz CT molecular complexity index is 1360. The Labute approximate surface area is 193 Å². The van der Waals surface area contributed by atoms with Crippen LogP contribution in [0.1, 0.15) is 15.9 Å². The van der Waals surface area contributed by atoms with E-state index in [0.29, 0.717) is 16.9 Å². The van der Waals surface area contributed by atoms with E-state index < -0.39 is 0 Å². The van der Waals surface area contributed by atoms with Crippen LogP contribution >= 0.6 is 11.8 Å². The summed E-state index contributed by atoms with van der Waals surface area (Å²) in [6.07, 6.45) is 3.38. The van der Waals surface area contributed by atoms with Crippen molar-refractivity contribution in [1.82, 2.24) is 14.9 Å². The summed E-state index contributed by atoms with van der Waals surface area (Å²) in [5, 5.41) is 3.46. The van der Waals surface area contributed by atoms with Gasteiger partial charge in [0.15, 0.2) is 0 Å². The van der Waals surface area contributed by atoms with Gasteiger partial charge in [-0.05, 0) is 42.0 Å². The quantitative estimate of drug-likeness (QED) is 0.468. The first-order chi connectivity index (χ1) is 16.1. The number of benzene rings is 2.